The van der Waals surface area contributed by atoms with Gasteiger partial charge in [0.25, 0.3) is 0 Å². The smallest absolute Gasteiger partial charge is 0.153 e. The topological polar surface area (TPSA) is 74.5 Å². The molecule has 17 heavy (non-hydrogen) atoms. The molecule has 2 aromatic heterocycles. The van der Waals surface area contributed by atoms with E-state index in [1.54, 1.807) is 4.68 Å². The molecule has 0 aliphatic rings. The van der Waals surface area contributed by atoms with Crippen LogP contribution in [0.15, 0.2) is 30.6 Å². The molecular weight excluding hydrogens is 216 g/mol. The molecule has 3 aromatic rings. The van der Waals surface area contributed by atoms with Gasteiger partial charge in [0.15, 0.2) is 5.82 Å². The van der Waals surface area contributed by atoms with E-state index in [-0.39, 0.29) is 0 Å². The SMILES string of the molecule is Cn1ncnc1Cn1nc(N)c2ccccc21. The van der Waals surface area contributed by atoms with Gasteiger partial charge in [-0.2, -0.15) is 10.2 Å². The zero-order valence-electron chi connectivity index (χ0n) is 9.41. The van der Waals surface area contributed by atoms with E-state index in [4.69, 9.17) is 5.73 Å². The van der Waals surface area contributed by atoms with Crippen molar-refractivity contribution in [1.82, 2.24) is 24.5 Å². The first kappa shape index (κ1) is 9.83. The second-order valence-corrected chi connectivity index (χ2v) is 3.86. The average Bonchev–Trinajstić information content (AvgIpc) is 2.87. The molecule has 0 saturated heterocycles. The summed E-state index contributed by atoms with van der Waals surface area (Å²) in [5, 5.41) is 9.32. The van der Waals surface area contributed by atoms with E-state index in [0.29, 0.717) is 12.4 Å². The van der Waals surface area contributed by atoms with Gasteiger partial charge in [0.2, 0.25) is 0 Å². The van der Waals surface area contributed by atoms with Gasteiger partial charge >= 0.3 is 0 Å². The van der Waals surface area contributed by atoms with Crippen LogP contribution in [0.25, 0.3) is 10.9 Å². The maximum absolute atomic E-state index is 5.87. The number of aromatic nitrogens is 5. The lowest BCUT2D eigenvalue weighted by atomic mass is 10.2. The van der Waals surface area contributed by atoms with Crippen LogP contribution in [0.2, 0.25) is 0 Å². The zero-order valence-corrected chi connectivity index (χ0v) is 9.41. The highest BCUT2D eigenvalue weighted by Gasteiger charge is 2.09. The molecule has 0 spiro atoms. The van der Waals surface area contributed by atoms with E-state index in [2.05, 4.69) is 15.2 Å². The summed E-state index contributed by atoms with van der Waals surface area (Å²) >= 11 is 0. The second kappa shape index (κ2) is 3.58. The highest BCUT2D eigenvalue weighted by molar-refractivity contribution is 5.88. The third-order valence-corrected chi connectivity index (χ3v) is 2.78. The van der Waals surface area contributed by atoms with Crippen LogP contribution in [0, 0.1) is 0 Å². The minimum atomic E-state index is 0.544. The van der Waals surface area contributed by atoms with Gasteiger partial charge < -0.3 is 5.73 Å². The van der Waals surface area contributed by atoms with Gasteiger partial charge in [-0.3, -0.25) is 9.36 Å². The van der Waals surface area contributed by atoms with Crippen molar-refractivity contribution in [3.63, 3.8) is 0 Å². The molecule has 0 saturated carbocycles. The molecule has 6 heteroatoms. The van der Waals surface area contributed by atoms with Crippen molar-refractivity contribution in [3.05, 3.63) is 36.4 Å². The molecule has 2 heterocycles. The van der Waals surface area contributed by atoms with Crippen molar-refractivity contribution in [2.45, 2.75) is 6.54 Å². The molecule has 0 unspecified atom stereocenters. The Kier molecular flexibility index (Phi) is 2.07. The number of hydrogen-bond donors (Lipinski definition) is 1. The van der Waals surface area contributed by atoms with E-state index in [1.807, 2.05) is 36.0 Å². The minimum Gasteiger partial charge on any atom is -0.382 e. The van der Waals surface area contributed by atoms with Crippen LogP contribution >= 0.6 is 0 Å². The molecular formula is C11H12N6. The average molecular weight is 228 g/mol. The fourth-order valence-electron chi connectivity index (χ4n) is 1.87. The largest absolute Gasteiger partial charge is 0.382 e. The molecule has 0 amide bonds. The number of nitrogen functional groups attached to an aromatic ring is 1. The second-order valence-electron chi connectivity index (χ2n) is 3.86. The molecule has 86 valence electrons. The van der Waals surface area contributed by atoms with E-state index in [9.17, 15) is 0 Å². The minimum absolute atomic E-state index is 0.544. The quantitative estimate of drug-likeness (QED) is 0.703. The van der Waals surface area contributed by atoms with Gasteiger partial charge in [0.1, 0.15) is 18.7 Å². The number of rotatable bonds is 2. The number of anilines is 1. The lowest BCUT2D eigenvalue weighted by Gasteiger charge is -2.02. The van der Waals surface area contributed by atoms with Crippen LogP contribution in [0.5, 0.6) is 0 Å². The molecule has 2 N–H and O–H groups in total. The molecule has 0 bridgehead atoms. The first-order valence-electron chi connectivity index (χ1n) is 5.29. The number of nitrogens with two attached hydrogens (primary N) is 1. The maximum atomic E-state index is 5.87. The van der Waals surface area contributed by atoms with Crippen molar-refractivity contribution in [3.8, 4) is 0 Å². The molecule has 3 rings (SSSR count). The summed E-state index contributed by atoms with van der Waals surface area (Å²) < 4.78 is 3.57. The van der Waals surface area contributed by atoms with Crippen LogP contribution in [0.1, 0.15) is 5.82 Å². The highest BCUT2D eigenvalue weighted by atomic mass is 15.4. The van der Waals surface area contributed by atoms with Gasteiger partial charge in [0, 0.05) is 12.4 Å². The van der Waals surface area contributed by atoms with Gasteiger partial charge in [-0.1, -0.05) is 12.1 Å². The lowest BCUT2D eigenvalue weighted by Crippen LogP contribution is -2.08. The van der Waals surface area contributed by atoms with Crippen molar-refractivity contribution >= 4 is 16.7 Å². The summed E-state index contributed by atoms with van der Waals surface area (Å²) in [5.41, 5.74) is 6.88. The molecule has 1 aromatic carbocycles. The molecule has 0 radical (unpaired) electrons. The van der Waals surface area contributed by atoms with Gasteiger partial charge in [0.05, 0.1) is 5.52 Å². The molecule has 6 nitrogen and oxygen atoms in total. The van der Waals surface area contributed by atoms with Gasteiger partial charge in [-0.15, -0.1) is 0 Å². The fourth-order valence-corrected chi connectivity index (χ4v) is 1.87. The van der Waals surface area contributed by atoms with E-state index in [1.165, 1.54) is 6.33 Å². The van der Waals surface area contributed by atoms with E-state index >= 15 is 0 Å². The maximum Gasteiger partial charge on any atom is 0.153 e. The molecule has 0 fully saturated rings. The standard InChI is InChI=1S/C11H12N6/c1-16-10(13-7-14-16)6-17-9-5-3-2-4-8(9)11(12)15-17/h2-5,7H,6H2,1H3,(H2,12,15). The number of benzene rings is 1. The number of hydrogen-bond acceptors (Lipinski definition) is 4. The zero-order chi connectivity index (χ0) is 11.8. The number of nitrogens with zero attached hydrogens (tertiary/aromatic N) is 5. The van der Waals surface area contributed by atoms with Crippen molar-refractivity contribution < 1.29 is 0 Å². The fraction of sp³-hybridized carbons (Fsp3) is 0.182. The normalized spacial score (nSPS) is 11.1. The van der Waals surface area contributed by atoms with Gasteiger partial charge in [-0.25, -0.2) is 4.98 Å². The van der Waals surface area contributed by atoms with Crippen LogP contribution in [-0.4, -0.2) is 24.5 Å². The predicted molar refractivity (Wildman–Crippen MR) is 64.3 cm³/mol. The van der Waals surface area contributed by atoms with Crippen LogP contribution in [0.4, 0.5) is 5.82 Å². The summed E-state index contributed by atoms with van der Waals surface area (Å²) in [6.45, 7) is 0.564. The summed E-state index contributed by atoms with van der Waals surface area (Å²) in [4.78, 5) is 4.18. The van der Waals surface area contributed by atoms with Crippen molar-refractivity contribution in [2.24, 2.45) is 7.05 Å². The Bertz CT molecular complexity index is 665. The third-order valence-electron chi connectivity index (χ3n) is 2.78. The van der Waals surface area contributed by atoms with Crippen molar-refractivity contribution in [2.75, 3.05) is 5.73 Å². The van der Waals surface area contributed by atoms with E-state index in [0.717, 1.165) is 16.7 Å². The Balaban J connectivity index is 2.09. The summed E-state index contributed by atoms with van der Waals surface area (Å²) in [5.74, 6) is 1.39. The molecule has 0 aliphatic carbocycles. The summed E-state index contributed by atoms with van der Waals surface area (Å²) in [7, 11) is 1.86. The Labute approximate surface area is 97.7 Å². The third kappa shape index (κ3) is 1.54. The molecule has 0 atom stereocenters. The highest BCUT2D eigenvalue weighted by Crippen LogP contribution is 2.20. The predicted octanol–water partition coefficient (Wildman–Crippen LogP) is 0.795. The Morgan fingerprint density at radius 1 is 1.29 bits per heavy atom. The summed E-state index contributed by atoms with van der Waals surface area (Å²) in [6.07, 6.45) is 1.53. The number of fused-ring (bicyclic) bond motifs is 1. The van der Waals surface area contributed by atoms with Crippen molar-refractivity contribution in [1.29, 1.82) is 0 Å². The first-order valence-corrected chi connectivity index (χ1v) is 5.29. The van der Waals surface area contributed by atoms with Crippen LogP contribution < -0.4 is 5.73 Å². The first-order chi connectivity index (χ1) is 8.25. The monoisotopic (exact) mass is 228 g/mol. The Morgan fingerprint density at radius 2 is 2.12 bits per heavy atom. The van der Waals surface area contributed by atoms with Crippen LogP contribution in [-0.2, 0) is 13.6 Å². The summed E-state index contributed by atoms with van der Waals surface area (Å²) in [6, 6.07) is 7.88. The lowest BCUT2D eigenvalue weighted by molar-refractivity contribution is 0.623. The van der Waals surface area contributed by atoms with E-state index < -0.39 is 0 Å². The number of para-hydroxylation sites is 1. The van der Waals surface area contributed by atoms with Crippen LogP contribution in [0.3, 0.4) is 0 Å². The Hall–Kier alpha value is -2.37. The molecule has 0 aliphatic heterocycles. The number of aryl methyl sites for hydroxylation is 1. The Morgan fingerprint density at radius 3 is 2.88 bits per heavy atom. The van der Waals surface area contributed by atoms with Gasteiger partial charge in [-0.05, 0) is 12.1 Å².